The van der Waals surface area contributed by atoms with Gasteiger partial charge in [0.25, 0.3) is 0 Å². The number of carbonyl (C=O) groups excluding carboxylic acids is 1. The monoisotopic (exact) mass is 178 g/mol. The van der Waals surface area contributed by atoms with Gasteiger partial charge in [-0.1, -0.05) is 11.6 Å². The second kappa shape index (κ2) is 3.39. The standard InChI is InChI=1S/C10H10O3/c1-6-3-4-9(12)10(13)8(5-6)7(2)11/h3-5H,1-2H3,(H,12,13). The minimum Gasteiger partial charge on any atom is -0.504 e. The van der Waals surface area contributed by atoms with Gasteiger partial charge in [-0.3, -0.25) is 9.59 Å². The molecule has 1 rings (SSSR count). The Morgan fingerprint density at radius 2 is 2.00 bits per heavy atom. The molecule has 0 radical (unpaired) electrons. The lowest BCUT2D eigenvalue weighted by Crippen LogP contribution is -1.99. The van der Waals surface area contributed by atoms with Gasteiger partial charge in [-0.25, -0.2) is 0 Å². The van der Waals surface area contributed by atoms with Crippen molar-refractivity contribution in [1.29, 1.82) is 0 Å². The molecule has 1 aromatic carbocycles. The molecule has 1 aromatic rings. The maximum absolute atomic E-state index is 11.1. The molecule has 1 N–H and O–H groups in total. The van der Waals surface area contributed by atoms with Crippen LogP contribution in [-0.2, 0) is 0 Å². The summed E-state index contributed by atoms with van der Waals surface area (Å²) in [6, 6.07) is 4.31. The van der Waals surface area contributed by atoms with E-state index in [1.54, 1.807) is 13.0 Å². The maximum atomic E-state index is 11.1. The molecule has 0 amide bonds. The van der Waals surface area contributed by atoms with Crippen LogP contribution < -0.4 is 5.43 Å². The first-order chi connectivity index (χ1) is 6.02. The van der Waals surface area contributed by atoms with E-state index in [-0.39, 0.29) is 11.3 Å². The highest BCUT2D eigenvalue weighted by molar-refractivity contribution is 5.96. The summed E-state index contributed by atoms with van der Waals surface area (Å²) >= 11 is 0. The molecule has 0 aliphatic rings. The molecule has 3 nitrogen and oxygen atoms in total. The third kappa shape index (κ3) is 1.93. The van der Waals surface area contributed by atoms with Gasteiger partial charge < -0.3 is 5.11 Å². The summed E-state index contributed by atoms with van der Waals surface area (Å²) in [5.41, 5.74) is 0.313. The summed E-state index contributed by atoms with van der Waals surface area (Å²) in [7, 11) is 0. The van der Waals surface area contributed by atoms with Gasteiger partial charge in [-0.15, -0.1) is 0 Å². The summed E-state index contributed by atoms with van der Waals surface area (Å²) in [5, 5.41) is 9.32. The average molecular weight is 178 g/mol. The van der Waals surface area contributed by atoms with E-state index in [0.29, 0.717) is 0 Å². The summed E-state index contributed by atoms with van der Waals surface area (Å²) in [4.78, 5) is 22.1. The van der Waals surface area contributed by atoms with Crippen LogP contribution >= 0.6 is 0 Å². The molecule has 0 saturated heterocycles. The lowest BCUT2D eigenvalue weighted by atomic mass is 10.1. The Bertz CT molecular complexity index is 407. The van der Waals surface area contributed by atoms with Crippen LogP contribution in [0.15, 0.2) is 23.0 Å². The Hall–Kier alpha value is -1.64. The molecular weight excluding hydrogens is 168 g/mol. The molecule has 0 atom stereocenters. The molecule has 0 saturated carbocycles. The molecule has 13 heavy (non-hydrogen) atoms. The van der Waals surface area contributed by atoms with Gasteiger partial charge in [-0.05, 0) is 26.0 Å². The highest BCUT2D eigenvalue weighted by Crippen LogP contribution is 2.11. The first-order valence-electron chi connectivity index (χ1n) is 3.87. The summed E-state index contributed by atoms with van der Waals surface area (Å²) in [6.07, 6.45) is 0. The summed E-state index contributed by atoms with van der Waals surface area (Å²) in [5.74, 6) is -0.783. The van der Waals surface area contributed by atoms with Crippen LogP contribution in [0.4, 0.5) is 0 Å². The first kappa shape index (κ1) is 9.45. The smallest absolute Gasteiger partial charge is 0.220 e. The van der Waals surface area contributed by atoms with E-state index in [4.69, 9.17) is 0 Å². The largest absolute Gasteiger partial charge is 0.504 e. The van der Waals surface area contributed by atoms with E-state index >= 15 is 0 Å². The molecule has 0 bridgehead atoms. The predicted octanol–water partition coefficient (Wildman–Crippen LogP) is 1.26. The Balaban J connectivity index is 3.62. The van der Waals surface area contributed by atoms with E-state index in [1.165, 1.54) is 19.1 Å². The molecule has 0 unspecified atom stereocenters. The molecule has 3 heteroatoms. The Morgan fingerprint density at radius 3 is 2.54 bits per heavy atom. The van der Waals surface area contributed by atoms with Crippen molar-refractivity contribution < 1.29 is 9.90 Å². The molecule has 0 heterocycles. The lowest BCUT2D eigenvalue weighted by Gasteiger charge is -1.93. The van der Waals surface area contributed by atoms with Crippen LogP contribution in [0.3, 0.4) is 0 Å². The number of Topliss-reactive ketones (excluding diaryl/α,β-unsaturated/α-hetero) is 1. The SMILES string of the molecule is CC(=O)c1cc(C)ccc(=O)c1O. The molecule has 68 valence electrons. The number of aromatic hydroxyl groups is 1. The fourth-order valence-corrected chi connectivity index (χ4v) is 1.03. The molecule has 0 aliphatic heterocycles. The quantitative estimate of drug-likeness (QED) is 0.659. The van der Waals surface area contributed by atoms with E-state index in [1.807, 2.05) is 0 Å². The number of ketones is 1. The second-order valence-electron chi connectivity index (χ2n) is 2.90. The summed E-state index contributed by atoms with van der Waals surface area (Å²) < 4.78 is 0. The summed E-state index contributed by atoms with van der Waals surface area (Å²) in [6.45, 7) is 3.07. The zero-order chi connectivity index (χ0) is 10.0. The zero-order valence-electron chi connectivity index (χ0n) is 7.50. The van der Waals surface area contributed by atoms with Crippen molar-refractivity contribution in [3.8, 4) is 5.75 Å². The van der Waals surface area contributed by atoms with Gasteiger partial charge in [0.2, 0.25) is 5.43 Å². The molecule has 0 aliphatic carbocycles. The van der Waals surface area contributed by atoms with Crippen LogP contribution in [0.1, 0.15) is 22.8 Å². The minimum absolute atomic E-state index is 0.0764. The van der Waals surface area contributed by atoms with E-state index in [2.05, 4.69) is 0 Å². The number of hydrogen-bond donors (Lipinski definition) is 1. The van der Waals surface area contributed by atoms with E-state index in [9.17, 15) is 14.7 Å². The van der Waals surface area contributed by atoms with Gasteiger partial charge in [0.05, 0.1) is 5.56 Å². The maximum Gasteiger partial charge on any atom is 0.220 e. The third-order valence-corrected chi connectivity index (χ3v) is 1.74. The Labute approximate surface area is 75.7 Å². The van der Waals surface area contributed by atoms with Crippen molar-refractivity contribution in [1.82, 2.24) is 0 Å². The first-order valence-corrected chi connectivity index (χ1v) is 3.87. The van der Waals surface area contributed by atoms with Gasteiger partial charge in [0, 0.05) is 0 Å². The molecular formula is C10H10O3. The van der Waals surface area contributed by atoms with Crippen molar-refractivity contribution in [2.45, 2.75) is 13.8 Å². The van der Waals surface area contributed by atoms with Crippen molar-refractivity contribution in [2.75, 3.05) is 0 Å². The number of carbonyl (C=O) groups is 1. The Kier molecular flexibility index (Phi) is 2.46. The van der Waals surface area contributed by atoms with E-state index < -0.39 is 11.2 Å². The fraction of sp³-hybridized carbons (Fsp3) is 0.200. The van der Waals surface area contributed by atoms with Crippen molar-refractivity contribution >= 4 is 5.78 Å². The van der Waals surface area contributed by atoms with Gasteiger partial charge in [-0.2, -0.15) is 0 Å². The van der Waals surface area contributed by atoms with Crippen molar-refractivity contribution in [3.05, 3.63) is 39.5 Å². The third-order valence-electron chi connectivity index (χ3n) is 1.74. The van der Waals surface area contributed by atoms with Crippen LogP contribution in [0, 0.1) is 6.92 Å². The highest BCUT2D eigenvalue weighted by Gasteiger charge is 2.07. The zero-order valence-corrected chi connectivity index (χ0v) is 7.50. The van der Waals surface area contributed by atoms with Crippen LogP contribution in [-0.4, -0.2) is 10.9 Å². The van der Waals surface area contributed by atoms with Gasteiger partial charge >= 0.3 is 0 Å². The van der Waals surface area contributed by atoms with E-state index in [0.717, 1.165) is 5.56 Å². The Morgan fingerprint density at radius 1 is 1.38 bits per heavy atom. The molecule has 0 aromatic heterocycles. The molecule has 0 fully saturated rings. The van der Waals surface area contributed by atoms with Crippen LogP contribution in [0.25, 0.3) is 0 Å². The average Bonchev–Trinajstić information content (AvgIpc) is 2.18. The number of aryl methyl sites for hydroxylation is 1. The number of rotatable bonds is 1. The van der Waals surface area contributed by atoms with Crippen LogP contribution in [0.2, 0.25) is 0 Å². The number of hydrogen-bond acceptors (Lipinski definition) is 3. The normalized spacial score (nSPS) is 9.69. The minimum atomic E-state index is -0.529. The highest BCUT2D eigenvalue weighted by atomic mass is 16.3. The lowest BCUT2D eigenvalue weighted by molar-refractivity contribution is 0.101. The second-order valence-corrected chi connectivity index (χ2v) is 2.90. The van der Waals surface area contributed by atoms with Crippen molar-refractivity contribution in [3.63, 3.8) is 0 Å². The topological polar surface area (TPSA) is 54.4 Å². The molecule has 0 spiro atoms. The van der Waals surface area contributed by atoms with Crippen molar-refractivity contribution in [2.24, 2.45) is 0 Å². The predicted molar refractivity (Wildman–Crippen MR) is 49.1 cm³/mol. The fourth-order valence-electron chi connectivity index (χ4n) is 1.03. The van der Waals surface area contributed by atoms with Gasteiger partial charge in [0.1, 0.15) is 0 Å². The van der Waals surface area contributed by atoms with Crippen LogP contribution in [0.5, 0.6) is 5.75 Å². The van der Waals surface area contributed by atoms with Gasteiger partial charge in [0.15, 0.2) is 11.5 Å².